The Labute approximate surface area is 264 Å². The number of anilines is 3. The zero-order valence-electron chi connectivity index (χ0n) is 26.9. The van der Waals surface area contributed by atoms with Gasteiger partial charge in [-0.3, -0.25) is 9.59 Å². The molecule has 13 heteroatoms. The van der Waals surface area contributed by atoms with Crippen molar-refractivity contribution in [2.45, 2.75) is 46.1 Å². The van der Waals surface area contributed by atoms with Gasteiger partial charge in [0.1, 0.15) is 11.9 Å². The van der Waals surface area contributed by atoms with Gasteiger partial charge >= 0.3 is 6.09 Å². The van der Waals surface area contributed by atoms with E-state index in [0.29, 0.717) is 61.0 Å². The van der Waals surface area contributed by atoms with Gasteiger partial charge in [-0.15, -0.1) is 0 Å². The number of carbonyl (C=O) groups excluding carboxylic acids is 3. The molecule has 3 aromatic rings. The number of likely N-dealkylation sites (N-methyl/N-ethyl adjacent to an activating group) is 2. The summed E-state index contributed by atoms with van der Waals surface area (Å²) in [5, 5.41) is 14.3. The molecule has 0 spiro atoms. The molecule has 0 aliphatic heterocycles. The number of benzene rings is 1. The van der Waals surface area contributed by atoms with Crippen LogP contribution in [0, 0.1) is 11.8 Å². The van der Waals surface area contributed by atoms with Gasteiger partial charge < -0.3 is 30.5 Å². The van der Waals surface area contributed by atoms with Crippen LogP contribution >= 0.6 is 0 Å². The molecule has 3 N–H and O–H groups in total. The van der Waals surface area contributed by atoms with Crippen LogP contribution in [0.15, 0.2) is 42.7 Å². The number of unbranched alkanes of at least 4 members (excludes halogenated alkanes) is 1. The fraction of sp³-hybridized carbons (Fsp3) is 0.438. The monoisotopic (exact) mass is 617 g/mol. The Bertz CT molecular complexity index is 1550. The Morgan fingerprint density at radius 1 is 1.13 bits per heavy atom. The highest BCUT2D eigenvalue weighted by atomic mass is 16.5. The van der Waals surface area contributed by atoms with Gasteiger partial charge in [-0.2, -0.15) is 14.8 Å². The lowest BCUT2D eigenvalue weighted by Crippen LogP contribution is -2.45. The standard InChI is InChI=1S/C32H43N9O4/c1-7-18-33-29-24(14-10-9-11-19-34-30(43)23(3)40(6)28(42)17-13-20-39(4)5)21-35-31(38-29)37-26-15-12-16-27-25(26)22-36-41(27)32(44)45-8-2/h12-13,15-17,21-23H,7-9,11,18-20H2,1-6H3,(H,34,43)(H2,33,35,37,38)/b17-13+/t23-/m0/s1. The van der Waals surface area contributed by atoms with Crippen LogP contribution in [-0.4, -0.2) is 101 Å². The molecule has 0 fully saturated rings. The average Bonchev–Trinajstić information content (AvgIpc) is 3.47. The third-order valence-corrected chi connectivity index (χ3v) is 6.67. The molecular formula is C32H43N9O4. The number of hydrogen-bond donors (Lipinski definition) is 3. The second-order valence-electron chi connectivity index (χ2n) is 10.5. The number of amides is 2. The van der Waals surface area contributed by atoms with E-state index in [1.54, 1.807) is 45.4 Å². The maximum absolute atomic E-state index is 12.5. The van der Waals surface area contributed by atoms with Gasteiger partial charge in [0.05, 0.1) is 35.8 Å². The van der Waals surface area contributed by atoms with Crippen molar-refractivity contribution < 1.29 is 19.1 Å². The lowest BCUT2D eigenvalue weighted by Gasteiger charge is -2.23. The number of carbonyl (C=O) groups is 3. The van der Waals surface area contributed by atoms with Crippen molar-refractivity contribution in [2.24, 2.45) is 0 Å². The average molecular weight is 618 g/mol. The van der Waals surface area contributed by atoms with Crippen molar-refractivity contribution in [3.05, 3.63) is 48.3 Å². The molecule has 2 heterocycles. The first-order chi connectivity index (χ1) is 21.7. The molecule has 2 amide bonds. The van der Waals surface area contributed by atoms with Gasteiger partial charge in [0.2, 0.25) is 17.8 Å². The molecule has 0 saturated heterocycles. The Kier molecular flexibility index (Phi) is 13.3. The first-order valence-electron chi connectivity index (χ1n) is 15.0. The van der Waals surface area contributed by atoms with Crippen LogP contribution in [0.3, 0.4) is 0 Å². The summed E-state index contributed by atoms with van der Waals surface area (Å²) in [6.07, 6.45) is 8.06. The van der Waals surface area contributed by atoms with Crippen molar-refractivity contribution in [1.82, 2.24) is 34.9 Å². The number of fused-ring (bicyclic) bond motifs is 1. The van der Waals surface area contributed by atoms with Gasteiger partial charge in [-0.1, -0.05) is 30.9 Å². The van der Waals surface area contributed by atoms with Crippen molar-refractivity contribution in [2.75, 3.05) is 58.0 Å². The minimum atomic E-state index is -0.593. The Balaban J connectivity index is 1.59. The fourth-order valence-electron chi connectivity index (χ4n) is 4.06. The number of ether oxygens (including phenoxy) is 1. The number of hydrogen-bond acceptors (Lipinski definition) is 10. The van der Waals surface area contributed by atoms with Gasteiger partial charge in [0.15, 0.2) is 0 Å². The minimum absolute atomic E-state index is 0.216. The van der Waals surface area contributed by atoms with Crippen LogP contribution in [0.25, 0.3) is 10.9 Å². The summed E-state index contributed by atoms with van der Waals surface area (Å²) in [5.74, 6) is 6.80. The van der Waals surface area contributed by atoms with Crippen LogP contribution in [0.2, 0.25) is 0 Å². The molecule has 240 valence electrons. The topological polar surface area (TPSA) is 147 Å². The first-order valence-corrected chi connectivity index (χ1v) is 15.0. The number of nitrogens with one attached hydrogen (secondary N) is 3. The van der Waals surface area contributed by atoms with Crippen molar-refractivity contribution in [3.8, 4) is 11.8 Å². The van der Waals surface area contributed by atoms with Crippen LogP contribution in [0.1, 0.15) is 45.6 Å². The highest BCUT2D eigenvalue weighted by Crippen LogP contribution is 2.26. The summed E-state index contributed by atoms with van der Waals surface area (Å²) < 4.78 is 6.30. The summed E-state index contributed by atoms with van der Waals surface area (Å²) in [6.45, 7) is 7.55. The second kappa shape index (κ2) is 17.4. The SMILES string of the molecule is CCCNc1nc(Nc2cccc3c2cnn3C(=O)OCC)ncc1C#CCCCNC(=O)[C@H](C)N(C)C(=O)/C=C/CN(C)C. The molecule has 0 unspecified atom stereocenters. The van der Waals surface area contributed by atoms with Crippen LogP contribution in [0.4, 0.5) is 22.2 Å². The van der Waals surface area contributed by atoms with Crippen molar-refractivity contribution in [3.63, 3.8) is 0 Å². The van der Waals surface area contributed by atoms with E-state index in [1.165, 1.54) is 15.7 Å². The van der Waals surface area contributed by atoms with E-state index in [9.17, 15) is 14.4 Å². The third kappa shape index (κ3) is 10.0. The Morgan fingerprint density at radius 2 is 1.93 bits per heavy atom. The van der Waals surface area contributed by atoms with Gasteiger partial charge in [0.25, 0.3) is 0 Å². The lowest BCUT2D eigenvalue weighted by molar-refractivity contribution is -0.135. The molecule has 0 radical (unpaired) electrons. The van der Waals surface area contributed by atoms with E-state index in [1.807, 2.05) is 31.1 Å². The predicted molar refractivity (Wildman–Crippen MR) is 175 cm³/mol. The predicted octanol–water partition coefficient (Wildman–Crippen LogP) is 3.61. The van der Waals surface area contributed by atoms with Gasteiger partial charge in [0, 0.05) is 44.6 Å². The Morgan fingerprint density at radius 3 is 2.67 bits per heavy atom. The van der Waals surface area contributed by atoms with Crippen molar-refractivity contribution in [1.29, 1.82) is 0 Å². The van der Waals surface area contributed by atoms with E-state index >= 15 is 0 Å². The highest BCUT2D eigenvalue weighted by molar-refractivity contribution is 5.96. The first kappa shape index (κ1) is 34.5. The van der Waals surface area contributed by atoms with E-state index < -0.39 is 12.1 Å². The van der Waals surface area contributed by atoms with Crippen LogP contribution in [0.5, 0.6) is 0 Å². The summed E-state index contributed by atoms with van der Waals surface area (Å²) in [6, 6.07) is 4.86. The van der Waals surface area contributed by atoms with E-state index in [2.05, 4.69) is 49.8 Å². The molecule has 0 aliphatic carbocycles. The Hall–Kier alpha value is -4.96. The molecule has 2 aromatic heterocycles. The summed E-state index contributed by atoms with van der Waals surface area (Å²) in [5.41, 5.74) is 1.95. The largest absolute Gasteiger partial charge is 0.448 e. The van der Waals surface area contributed by atoms with Gasteiger partial charge in [-0.05, 0) is 52.9 Å². The molecule has 3 rings (SSSR count). The number of rotatable bonds is 14. The van der Waals surface area contributed by atoms with E-state index in [-0.39, 0.29) is 18.4 Å². The lowest BCUT2D eigenvalue weighted by atomic mass is 10.2. The van der Waals surface area contributed by atoms with E-state index in [0.717, 1.165) is 11.8 Å². The molecule has 0 bridgehead atoms. The second-order valence-corrected chi connectivity index (χ2v) is 10.5. The van der Waals surface area contributed by atoms with Crippen molar-refractivity contribution >= 4 is 46.3 Å². The number of nitrogens with zero attached hydrogens (tertiary/aromatic N) is 6. The van der Waals surface area contributed by atoms with Crippen LogP contribution < -0.4 is 16.0 Å². The minimum Gasteiger partial charge on any atom is -0.448 e. The molecule has 0 aliphatic rings. The van der Waals surface area contributed by atoms with Crippen LogP contribution in [-0.2, 0) is 14.3 Å². The molecular weight excluding hydrogens is 574 g/mol. The maximum atomic E-state index is 12.5. The molecule has 13 nitrogen and oxygen atoms in total. The summed E-state index contributed by atoms with van der Waals surface area (Å²) in [4.78, 5) is 49.5. The number of aromatic nitrogens is 4. The highest BCUT2D eigenvalue weighted by Gasteiger charge is 2.20. The molecule has 1 aromatic carbocycles. The fourth-order valence-corrected chi connectivity index (χ4v) is 4.06. The summed E-state index contributed by atoms with van der Waals surface area (Å²) in [7, 11) is 5.45. The van der Waals surface area contributed by atoms with Gasteiger partial charge in [-0.25, -0.2) is 9.78 Å². The van der Waals surface area contributed by atoms with E-state index in [4.69, 9.17) is 4.74 Å². The maximum Gasteiger partial charge on any atom is 0.435 e. The molecule has 1 atom stereocenters. The zero-order valence-corrected chi connectivity index (χ0v) is 26.9. The third-order valence-electron chi connectivity index (χ3n) is 6.67. The normalized spacial score (nSPS) is 11.6. The molecule has 45 heavy (non-hydrogen) atoms. The zero-order chi connectivity index (χ0) is 32.8. The summed E-state index contributed by atoms with van der Waals surface area (Å²) >= 11 is 0. The molecule has 0 saturated carbocycles. The quantitative estimate of drug-likeness (QED) is 0.139. The smallest absolute Gasteiger partial charge is 0.435 e.